The SMILES string of the molecule is O=C(Nc1c[nH]c2cc(F)c(F)cc12)c1cn(-c2cnc(C3CCC(C(F)(F)F)CC3)c(F)c2)nn1. The number of nitrogens with one attached hydrogen (secondary N) is 2. The summed E-state index contributed by atoms with van der Waals surface area (Å²) < 4.78 is 81.6. The van der Waals surface area contributed by atoms with E-state index in [4.69, 9.17) is 0 Å². The van der Waals surface area contributed by atoms with Crippen molar-refractivity contribution in [1.82, 2.24) is 25.0 Å². The summed E-state index contributed by atoms with van der Waals surface area (Å²) in [5, 5.41) is 10.3. The number of fused-ring (bicyclic) bond motifs is 1. The van der Waals surface area contributed by atoms with Crippen molar-refractivity contribution in [2.24, 2.45) is 5.92 Å². The van der Waals surface area contributed by atoms with Gasteiger partial charge in [-0.2, -0.15) is 13.2 Å². The van der Waals surface area contributed by atoms with Crippen LogP contribution in [0.25, 0.3) is 16.6 Å². The van der Waals surface area contributed by atoms with Crippen molar-refractivity contribution in [2.75, 3.05) is 5.32 Å². The molecule has 188 valence electrons. The summed E-state index contributed by atoms with van der Waals surface area (Å²) in [7, 11) is 0. The van der Waals surface area contributed by atoms with Crippen molar-refractivity contribution in [2.45, 2.75) is 37.8 Å². The van der Waals surface area contributed by atoms with Gasteiger partial charge in [0.2, 0.25) is 0 Å². The molecule has 5 rings (SSSR count). The van der Waals surface area contributed by atoms with Gasteiger partial charge in [-0.3, -0.25) is 9.78 Å². The molecule has 7 nitrogen and oxygen atoms in total. The van der Waals surface area contributed by atoms with Crippen LogP contribution >= 0.6 is 0 Å². The molecule has 1 aromatic carbocycles. The molecule has 2 N–H and O–H groups in total. The Balaban J connectivity index is 1.29. The van der Waals surface area contributed by atoms with E-state index in [1.54, 1.807) is 0 Å². The van der Waals surface area contributed by atoms with E-state index >= 15 is 0 Å². The molecule has 1 aliphatic carbocycles. The van der Waals surface area contributed by atoms with E-state index in [1.807, 2.05) is 0 Å². The predicted octanol–water partition coefficient (Wildman–Crippen LogP) is 5.65. The van der Waals surface area contributed by atoms with Crippen LogP contribution in [0.2, 0.25) is 0 Å². The normalized spacial score (nSPS) is 18.5. The van der Waals surface area contributed by atoms with Gasteiger partial charge < -0.3 is 10.3 Å². The Morgan fingerprint density at radius 1 is 1.03 bits per heavy atom. The van der Waals surface area contributed by atoms with Crippen molar-refractivity contribution in [1.29, 1.82) is 0 Å². The number of rotatable bonds is 4. The number of anilines is 1. The lowest BCUT2D eigenvalue weighted by Gasteiger charge is -2.29. The third-order valence-electron chi connectivity index (χ3n) is 6.39. The van der Waals surface area contributed by atoms with Gasteiger partial charge in [-0.15, -0.1) is 5.10 Å². The highest BCUT2D eigenvalue weighted by Crippen LogP contribution is 2.43. The van der Waals surface area contributed by atoms with Crippen molar-refractivity contribution in [3.05, 3.63) is 65.6 Å². The van der Waals surface area contributed by atoms with Gasteiger partial charge >= 0.3 is 6.18 Å². The standard InChI is InChI=1S/C23H18F6N6O/c24-15-6-14-18(7-16(15)25)30-9-19(14)32-22(36)20-10-35(34-33-20)13-5-17(26)21(31-8-13)11-1-3-12(4-2-11)23(27,28)29/h5-12,30H,1-4H2,(H,32,36). The fourth-order valence-electron chi connectivity index (χ4n) is 4.46. The molecule has 36 heavy (non-hydrogen) atoms. The van der Waals surface area contributed by atoms with Gasteiger partial charge in [0.1, 0.15) is 5.82 Å². The minimum absolute atomic E-state index is 0.0728. The molecule has 0 atom stereocenters. The number of carbonyl (C=O) groups is 1. The zero-order valence-corrected chi connectivity index (χ0v) is 18.4. The summed E-state index contributed by atoms with van der Waals surface area (Å²) in [6, 6.07) is 3.04. The van der Waals surface area contributed by atoms with Gasteiger partial charge in [0.25, 0.3) is 5.91 Å². The monoisotopic (exact) mass is 508 g/mol. The number of pyridine rings is 1. The number of aromatic amines is 1. The smallest absolute Gasteiger partial charge is 0.359 e. The second kappa shape index (κ2) is 8.95. The molecule has 13 heteroatoms. The number of hydrogen-bond donors (Lipinski definition) is 2. The number of hydrogen-bond acceptors (Lipinski definition) is 4. The van der Waals surface area contributed by atoms with Crippen molar-refractivity contribution in [3.8, 4) is 5.69 Å². The number of carbonyl (C=O) groups excluding carboxylic acids is 1. The fourth-order valence-corrected chi connectivity index (χ4v) is 4.46. The lowest BCUT2D eigenvalue weighted by atomic mass is 9.80. The second-order valence-electron chi connectivity index (χ2n) is 8.67. The van der Waals surface area contributed by atoms with E-state index in [1.165, 1.54) is 18.6 Å². The summed E-state index contributed by atoms with van der Waals surface area (Å²) >= 11 is 0. The maximum Gasteiger partial charge on any atom is 0.391 e. The van der Waals surface area contributed by atoms with Crippen LogP contribution in [0.1, 0.15) is 47.8 Å². The highest BCUT2D eigenvalue weighted by atomic mass is 19.4. The van der Waals surface area contributed by atoms with Crippen molar-refractivity contribution >= 4 is 22.5 Å². The Hall–Kier alpha value is -3.90. The van der Waals surface area contributed by atoms with Crippen LogP contribution in [0.3, 0.4) is 0 Å². The highest BCUT2D eigenvalue weighted by molar-refractivity contribution is 6.07. The first-order valence-corrected chi connectivity index (χ1v) is 11.0. The van der Waals surface area contributed by atoms with Gasteiger partial charge in [-0.25, -0.2) is 17.9 Å². The first-order chi connectivity index (χ1) is 17.1. The van der Waals surface area contributed by atoms with Gasteiger partial charge in [0, 0.05) is 29.6 Å². The van der Waals surface area contributed by atoms with Gasteiger partial charge in [0.15, 0.2) is 17.3 Å². The number of nitrogens with zero attached hydrogens (tertiary/aromatic N) is 4. The summed E-state index contributed by atoms with van der Waals surface area (Å²) in [5.41, 5.74) is 0.598. The van der Waals surface area contributed by atoms with Gasteiger partial charge in [-0.1, -0.05) is 5.21 Å². The molecule has 0 saturated heterocycles. The highest BCUT2D eigenvalue weighted by Gasteiger charge is 2.42. The Kier molecular flexibility index (Phi) is 5.92. The molecule has 0 unspecified atom stereocenters. The van der Waals surface area contributed by atoms with Gasteiger partial charge in [-0.05, 0) is 31.7 Å². The third-order valence-corrected chi connectivity index (χ3v) is 6.39. The molecular weight excluding hydrogens is 490 g/mol. The zero-order valence-electron chi connectivity index (χ0n) is 18.4. The van der Waals surface area contributed by atoms with Crippen LogP contribution in [0.4, 0.5) is 32.0 Å². The fraction of sp³-hybridized carbons (Fsp3) is 0.304. The van der Waals surface area contributed by atoms with Gasteiger partial charge in [0.05, 0.1) is 40.9 Å². The Morgan fingerprint density at radius 3 is 2.44 bits per heavy atom. The second-order valence-corrected chi connectivity index (χ2v) is 8.67. The molecule has 0 aliphatic heterocycles. The molecule has 0 bridgehead atoms. The van der Waals surface area contributed by atoms with E-state index in [0.29, 0.717) is 0 Å². The maximum atomic E-state index is 14.8. The third kappa shape index (κ3) is 4.52. The average molecular weight is 508 g/mol. The molecule has 1 saturated carbocycles. The van der Waals surface area contributed by atoms with Crippen LogP contribution in [-0.4, -0.2) is 37.0 Å². The van der Waals surface area contributed by atoms with Crippen LogP contribution in [0, 0.1) is 23.4 Å². The van der Waals surface area contributed by atoms with Crippen molar-refractivity contribution < 1.29 is 31.1 Å². The lowest BCUT2D eigenvalue weighted by molar-refractivity contribution is -0.182. The Bertz CT molecular complexity index is 1440. The number of H-pyrrole nitrogens is 1. The lowest BCUT2D eigenvalue weighted by Crippen LogP contribution is -2.27. The van der Waals surface area contributed by atoms with E-state index in [2.05, 4.69) is 25.6 Å². The Morgan fingerprint density at radius 2 is 1.75 bits per heavy atom. The summed E-state index contributed by atoms with van der Waals surface area (Å²) in [6.45, 7) is 0. The molecule has 1 amide bonds. The molecule has 0 spiro atoms. The van der Waals surface area contributed by atoms with E-state index in [9.17, 15) is 31.1 Å². The van der Waals surface area contributed by atoms with Crippen molar-refractivity contribution in [3.63, 3.8) is 0 Å². The molecule has 3 heterocycles. The summed E-state index contributed by atoms with van der Waals surface area (Å²) in [5.74, 6) is -5.28. The minimum atomic E-state index is -4.25. The van der Waals surface area contributed by atoms with Crippen LogP contribution in [0.15, 0.2) is 36.8 Å². The zero-order chi connectivity index (χ0) is 25.6. The van der Waals surface area contributed by atoms with E-state index < -0.39 is 41.4 Å². The number of benzene rings is 1. The number of halogens is 6. The molecule has 3 aromatic heterocycles. The molecule has 1 fully saturated rings. The number of aromatic nitrogens is 5. The van der Waals surface area contributed by atoms with Crippen LogP contribution in [-0.2, 0) is 0 Å². The number of amides is 1. The summed E-state index contributed by atoms with van der Waals surface area (Å²) in [4.78, 5) is 19.4. The minimum Gasteiger partial charge on any atom is -0.359 e. The molecule has 4 aromatic rings. The van der Waals surface area contributed by atoms with Crippen LogP contribution < -0.4 is 5.32 Å². The average Bonchev–Trinajstić information content (AvgIpc) is 3.47. The maximum absolute atomic E-state index is 14.8. The molecular formula is C23H18F6N6O. The number of alkyl halides is 3. The topological polar surface area (TPSA) is 88.5 Å². The molecule has 1 aliphatic rings. The quantitative estimate of drug-likeness (QED) is 0.349. The Labute approximate surface area is 199 Å². The largest absolute Gasteiger partial charge is 0.391 e. The van der Waals surface area contributed by atoms with E-state index in [0.717, 1.165) is 22.9 Å². The van der Waals surface area contributed by atoms with Crippen LogP contribution in [0.5, 0.6) is 0 Å². The first kappa shape index (κ1) is 23.8. The predicted molar refractivity (Wildman–Crippen MR) is 116 cm³/mol. The first-order valence-electron chi connectivity index (χ1n) is 11.0. The summed E-state index contributed by atoms with van der Waals surface area (Å²) in [6.07, 6.45) is -0.118. The van der Waals surface area contributed by atoms with E-state index in [-0.39, 0.29) is 59.3 Å². The molecule has 0 radical (unpaired) electrons.